The molecule has 0 heterocycles. The molecule has 2 amide bonds. The number of ether oxygens (including phenoxy) is 1. The number of hydrazine groups is 1. The van der Waals surface area contributed by atoms with Crippen LogP contribution < -0.4 is 15.6 Å². The highest BCUT2D eigenvalue weighted by atomic mass is 32.2. The molecule has 0 radical (unpaired) electrons. The van der Waals surface area contributed by atoms with Gasteiger partial charge in [-0.15, -0.1) is 0 Å². The van der Waals surface area contributed by atoms with E-state index in [4.69, 9.17) is 4.74 Å². The second-order valence-electron chi connectivity index (χ2n) is 5.64. The van der Waals surface area contributed by atoms with Crippen molar-refractivity contribution in [1.29, 1.82) is 0 Å². The Morgan fingerprint density at radius 2 is 1.64 bits per heavy atom. The third-order valence-corrected chi connectivity index (χ3v) is 4.22. The third kappa shape index (κ3) is 5.53. The van der Waals surface area contributed by atoms with Crippen LogP contribution in [0.4, 0.5) is 0 Å². The molecule has 132 valence electrons. The lowest BCUT2D eigenvalue weighted by atomic mass is 10.1. The van der Waals surface area contributed by atoms with Gasteiger partial charge in [-0.3, -0.25) is 20.4 Å². The van der Waals surface area contributed by atoms with Crippen LogP contribution in [0.5, 0.6) is 5.75 Å². The summed E-state index contributed by atoms with van der Waals surface area (Å²) >= 11 is 1.72. The first-order chi connectivity index (χ1) is 12.0. The summed E-state index contributed by atoms with van der Waals surface area (Å²) in [6.45, 7) is 3.67. The van der Waals surface area contributed by atoms with E-state index in [1.165, 1.54) is 0 Å². The van der Waals surface area contributed by atoms with Crippen molar-refractivity contribution in [3.63, 3.8) is 0 Å². The Labute approximate surface area is 152 Å². The molecule has 0 saturated carbocycles. The van der Waals surface area contributed by atoms with E-state index in [0.29, 0.717) is 11.3 Å². The average molecular weight is 358 g/mol. The Hall–Kier alpha value is -2.47. The largest absolute Gasteiger partial charge is 0.483 e. The van der Waals surface area contributed by atoms with Gasteiger partial charge in [0.25, 0.3) is 11.8 Å². The maximum Gasteiger partial charge on any atom is 0.276 e. The van der Waals surface area contributed by atoms with E-state index in [-0.39, 0.29) is 12.5 Å². The van der Waals surface area contributed by atoms with Crippen LogP contribution in [0.3, 0.4) is 0 Å². The Morgan fingerprint density at radius 3 is 2.24 bits per heavy atom. The van der Waals surface area contributed by atoms with Gasteiger partial charge < -0.3 is 4.74 Å². The number of thioether (sulfide) groups is 1. The molecule has 2 aromatic carbocycles. The minimum atomic E-state index is -0.421. The Morgan fingerprint density at radius 1 is 1.00 bits per heavy atom. The van der Waals surface area contributed by atoms with Crippen LogP contribution in [0.15, 0.2) is 42.5 Å². The number of nitrogens with one attached hydrogen (secondary N) is 2. The van der Waals surface area contributed by atoms with Crippen molar-refractivity contribution >= 4 is 23.6 Å². The maximum atomic E-state index is 12.0. The number of aryl methyl sites for hydroxylation is 2. The monoisotopic (exact) mass is 358 g/mol. The Bertz CT molecular complexity index is 725. The van der Waals surface area contributed by atoms with Gasteiger partial charge in [-0.1, -0.05) is 30.3 Å². The average Bonchev–Trinajstić information content (AvgIpc) is 2.60. The second kappa shape index (κ2) is 9.13. The van der Waals surface area contributed by atoms with Crippen LogP contribution in [0.1, 0.15) is 27.0 Å². The summed E-state index contributed by atoms with van der Waals surface area (Å²) in [5, 5.41) is 0. The van der Waals surface area contributed by atoms with E-state index in [9.17, 15) is 9.59 Å². The molecule has 6 heteroatoms. The molecule has 0 atom stereocenters. The fraction of sp³-hybridized carbons (Fsp3) is 0.263. The summed E-state index contributed by atoms with van der Waals surface area (Å²) in [5.74, 6) is 0.799. The number of benzene rings is 2. The lowest BCUT2D eigenvalue weighted by Crippen LogP contribution is -2.43. The topological polar surface area (TPSA) is 67.4 Å². The van der Waals surface area contributed by atoms with Crippen molar-refractivity contribution in [1.82, 2.24) is 10.9 Å². The van der Waals surface area contributed by atoms with Crippen LogP contribution >= 0.6 is 11.8 Å². The number of rotatable bonds is 6. The molecule has 0 unspecified atom stereocenters. The molecule has 2 N–H and O–H groups in total. The van der Waals surface area contributed by atoms with E-state index in [1.807, 2.05) is 50.4 Å². The summed E-state index contributed by atoms with van der Waals surface area (Å²) in [5.41, 5.74) is 8.31. The lowest BCUT2D eigenvalue weighted by molar-refractivity contribution is -0.123. The number of carbonyl (C=O) groups excluding carboxylic acids is 2. The third-order valence-electron chi connectivity index (χ3n) is 3.60. The predicted molar refractivity (Wildman–Crippen MR) is 101 cm³/mol. The Balaban J connectivity index is 1.82. The summed E-state index contributed by atoms with van der Waals surface area (Å²) in [6.07, 6.45) is 2.02. The molecule has 0 aromatic heterocycles. The van der Waals surface area contributed by atoms with Crippen molar-refractivity contribution in [2.24, 2.45) is 0 Å². The predicted octanol–water partition coefficient (Wildman–Crippen LogP) is 3.01. The van der Waals surface area contributed by atoms with Crippen LogP contribution in [0, 0.1) is 13.8 Å². The van der Waals surface area contributed by atoms with Crippen LogP contribution in [-0.2, 0) is 10.5 Å². The highest BCUT2D eigenvalue weighted by Crippen LogP contribution is 2.21. The smallest absolute Gasteiger partial charge is 0.276 e. The fourth-order valence-electron chi connectivity index (χ4n) is 2.32. The molecular weight excluding hydrogens is 336 g/mol. The summed E-state index contributed by atoms with van der Waals surface area (Å²) in [7, 11) is 0. The van der Waals surface area contributed by atoms with Crippen molar-refractivity contribution < 1.29 is 14.3 Å². The Kier molecular flexibility index (Phi) is 6.89. The molecule has 0 fully saturated rings. The molecule has 0 aliphatic heterocycles. The SMILES string of the molecule is CSCc1ccc(C(=O)NNC(=O)COc2c(C)cccc2C)cc1. The first-order valence-corrected chi connectivity index (χ1v) is 9.26. The number of para-hydroxylation sites is 1. The van der Waals surface area contributed by atoms with Crippen LogP contribution in [0.2, 0.25) is 0 Å². The molecule has 2 rings (SSSR count). The van der Waals surface area contributed by atoms with Gasteiger partial charge in [-0.2, -0.15) is 11.8 Å². The molecule has 25 heavy (non-hydrogen) atoms. The molecule has 0 aliphatic carbocycles. The number of hydrogen-bond donors (Lipinski definition) is 2. The zero-order chi connectivity index (χ0) is 18.2. The van der Waals surface area contributed by atoms with Crippen molar-refractivity contribution in [2.45, 2.75) is 19.6 Å². The number of amides is 2. The first-order valence-electron chi connectivity index (χ1n) is 7.87. The molecule has 0 aliphatic rings. The van der Waals surface area contributed by atoms with Gasteiger partial charge in [0.05, 0.1) is 0 Å². The summed E-state index contributed by atoms with van der Waals surface area (Å²) in [6, 6.07) is 13.0. The van der Waals surface area contributed by atoms with E-state index in [0.717, 1.165) is 22.4 Å². The highest BCUT2D eigenvalue weighted by molar-refractivity contribution is 7.97. The van der Waals surface area contributed by atoms with Gasteiger partial charge in [-0.25, -0.2) is 0 Å². The van der Waals surface area contributed by atoms with Gasteiger partial charge in [0.15, 0.2) is 6.61 Å². The fourth-order valence-corrected chi connectivity index (χ4v) is 2.84. The van der Waals surface area contributed by atoms with Gasteiger partial charge in [0.1, 0.15) is 5.75 Å². The number of carbonyl (C=O) groups is 2. The first kappa shape index (κ1) is 18.9. The van der Waals surface area contributed by atoms with Crippen molar-refractivity contribution in [2.75, 3.05) is 12.9 Å². The zero-order valence-electron chi connectivity index (χ0n) is 14.6. The van der Waals surface area contributed by atoms with Crippen molar-refractivity contribution in [3.8, 4) is 5.75 Å². The maximum absolute atomic E-state index is 12.0. The van der Waals surface area contributed by atoms with E-state index in [2.05, 4.69) is 10.9 Å². The molecule has 2 aromatic rings. The summed E-state index contributed by atoms with van der Waals surface area (Å²) < 4.78 is 5.54. The van der Waals surface area contributed by atoms with Gasteiger partial charge in [0.2, 0.25) is 0 Å². The van der Waals surface area contributed by atoms with Gasteiger partial charge >= 0.3 is 0 Å². The van der Waals surface area contributed by atoms with E-state index in [1.54, 1.807) is 23.9 Å². The second-order valence-corrected chi connectivity index (χ2v) is 6.51. The van der Waals surface area contributed by atoms with Crippen LogP contribution in [0.25, 0.3) is 0 Å². The molecule has 5 nitrogen and oxygen atoms in total. The molecular formula is C19H22N2O3S. The van der Waals surface area contributed by atoms with Gasteiger partial charge in [0, 0.05) is 11.3 Å². The lowest BCUT2D eigenvalue weighted by Gasteiger charge is -2.12. The van der Waals surface area contributed by atoms with Gasteiger partial charge in [-0.05, 0) is 48.9 Å². The highest BCUT2D eigenvalue weighted by Gasteiger charge is 2.09. The van der Waals surface area contributed by atoms with E-state index < -0.39 is 5.91 Å². The number of hydrogen-bond acceptors (Lipinski definition) is 4. The van der Waals surface area contributed by atoms with E-state index >= 15 is 0 Å². The van der Waals surface area contributed by atoms with Crippen LogP contribution in [-0.4, -0.2) is 24.7 Å². The normalized spacial score (nSPS) is 10.2. The minimum absolute atomic E-state index is 0.168. The van der Waals surface area contributed by atoms with Crippen molar-refractivity contribution in [3.05, 3.63) is 64.7 Å². The zero-order valence-corrected chi connectivity index (χ0v) is 15.4. The molecule has 0 bridgehead atoms. The quantitative estimate of drug-likeness (QED) is 0.779. The summed E-state index contributed by atoms with van der Waals surface area (Å²) in [4.78, 5) is 23.9. The standard InChI is InChI=1S/C19H22N2O3S/c1-13-5-4-6-14(2)18(13)24-11-17(22)20-21-19(23)16-9-7-15(8-10-16)12-25-3/h4-10H,11-12H2,1-3H3,(H,20,22)(H,21,23). The molecule has 0 spiro atoms. The molecule has 0 saturated heterocycles. The minimum Gasteiger partial charge on any atom is -0.483 e.